The van der Waals surface area contributed by atoms with Crippen molar-refractivity contribution in [2.24, 2.45) is 5.73 Å². The van der Waals surface area contributed by atoms with Crippen LogP contribution in [0.5, 0.6) is 0 Å². The molecule has 5 heteroatoms. The fraction of sp³-hybridized carbons (Fsp3) is 0.529. The van der Waals surface area contributed by atoms with E-state index in [-0.39, 0.29) is 18.5 Å². The molecule has 0 bridgehead atoms. The van der Waals surface area contributed by atoms with Crippen LogP contribution in [0.2, 0.25) is 0 Å². The van der Waals surface area contributed by atoms with Crippen molar-refractivity contribution in [1.82, 2.24) is 10.6 Å². The zero-order valence-corrected chi connectivity index (χ0v) is 15.3. The van der Waals surface area contributed by atoms with Crippen LogP contribution in [-0.2, 0) is 9.59 Å². The summed E-state index contributed by atoms with van der Waals surface area (Å²) in [5.41, 5.74) is 4.90. The summed E-state index contributed by atoms with van der Waals surface area (Å²) in [5, 5.41) is 4.92. The van der Waals surface area contributed by atoms with E-state index in [0.717, 1.165) is 6.54 Å². The van der Waals surface area contributed by atoms with Gasteiger partial charge in [-0.1, -0.05) is 64.1 Å². The smallest absolute Gasteiger partial charge is 0.217 e. The Hall–Kier alpha value is -1.88. The number of carbonyl (C=O) groups is 2. The quantitative estimate of drug-likeness (QED) is 0.734. The van der Waals surface area contributed by atoms with E-state index in [4.69, 9.17) is 5.73 Å². The van der Waals surface area contributed by atoms with E-state index in [9.17, 15) is 9.59 Å². The Balaban J connectivity index is -0.0000000990. The maximum absolute atomic E-state index is 9.93. The standard InChI is InChI=1S/C6H6.C4H9NO.C3H8N2O.2C2H6/c1-2-4-6-5-3-1;1-3-5-4(2)6;1-3(6)5-2-4;2*1-2/h1-6H;3H2,1-2H3,(H,5,6);2,4H2,1H3,(H,5,6);2*1-2H3. The van der Waals surface area contributed by atoms with Crippen LogP contribution in [0.1, 0.15) is 48.5 Å². The SMILES string of the molecule is CC.CC.CC(=O)NCN.CCNC(C)=O.c1ccccc1. The Labute approximate surface area is 136 Å². The van der Waals surface area contributed by atoms with Crippen LogP contribution >= 0.6 is 0 Å². The van der Waals surface area contributed by atoms with Gasteiger partial charge in [-0.2, -0.15) is 0 Å². The molecule has 1 aromatic carbocycles. The molecule has 1 rings (SSSR count). The van der Waals surface area contributed by atoms with Crippen LogP contribution in [0.25, 0.3) is 0 Å². The fourth-order valence-corrected chi connectivity index (χ4v) is 0.778. The van der Waals surface area contributed by atoms with Gasteiger partial charge in [0, 0.05) is 20.4 Å². The number of hydrogen-bond acceptors (Lipinski definition) is 3. The molecule has 0 radical (unpaired) electrons. The molecule has 0 unspecified atom stereocenters. The Morgan fingerprint density at radius 3 is 1.09 bits per heavy atom. The van der Waals surface area contributed by atoms with Crippen molar-refractivity contribution in [2.75, 3.05) is 13.2 Å². The monoisotopic (exact) mass is 313 g/mol. The highest BCUT2D eigenvalue weighted by Gasteiger charge is 1.79. The minimum Gasteiger partial charge on any atom is -0.357 e. The van der Waals surface area contributed by atoms with E-state index in [1.54, 1.807) is 0 Å². The summed E-state index contributed by atoms with van der Waals surface area (Å²) >= 11 is 0. The molecule has 0 atom stereocenters. The number of rotatable bonds is 2. The summed E-state index contributed by atoms with van der Waals surface area (Å²) in [5.74, 6) is -0.0463. The zero-order chi connectivity index (χ0) is 18.2. The zero-order valence-electron chi connectivity index (χ0n) is 15.3. The summed E-state index contributed by atoms with van der Waals surface area (Å²) in [7, 11) is 0. The van der Waals surface area contributed by atoms with E-state index < -0.39 is 0 Å². The van der Waals surface area contributed by atoms with Gasteiger partial charge in [-0.25, -0.2) is 0 Å². The lowest BCUT2D eigenvalue weighted by molar-refractivity contribution is -0.119. The van der Waals surface area contributed by atoms with Crippen molar-refractivity contribution in [3.63, 3.8) is 0 Å². The second-order valence-corrected chi connectivity index (χ2v) is 3.18. The van der Waals surface area contributed by atoms with Gasteiger partial charge in [-0.3, -0.25) is 9.59 Å². The van der Waals surface area contributed by atoms with Crippen LogP contribution in [-0.4, -0.2) is 25.0 Å². The van der Waals surface area contributed by atoms with Crippen molar-refractivity contribution in [3.8, 4) is 0 Å². The third-order valence-electron chi connectivity index (χ3n) is 1.44. The van der Waals surface area contributed by atoms with E-state index in [0.29, 0.717) is 0 Å². The number of amides is 2. The van der Waals surface area contributed by atoms with E-state index >= 15 is 0 Å². The molecule has 0 saturated heterocycles. The normalized spacial score (nSPS) is 6.91. The van der Waals surface area contributed by atoms with Crippen molar-refractivity contribution >= 4 is 11.8 Å². The number of nitrogens with two attached hydrogens (primary N) is 1. The van der Waals surface area contributed by atoms with Gasteiger partial charge in [0.15, 0.2) is 0 Å². The first-order valence-electron chi connectivity index (χ1n) is 7.73. The molecule has 0 aliphatic rings. The second kappa shape index (κ2) is 31.5. The molecule has 4 N–H and O–H groups in total. The Morgan fingerprint density at radius 2 is 1.05 bits per heavy atom. The van der Waals surface area contributed by atoms with Crippen molar-refractivity contribution in [3.05, 3.63) is 36.4 Å². The number of benzene rings is 1. The molecule has 0 fully saturated rings. The van der Waals surface area contributed by atoms with Gasteiger partial charge in [0.2, 0.25) is 11.8 Å². The topological polar surface area (TPSA) is 84.2 Å². The highest BCUT2D eigenvalue weighted by atomic mass is 16.2. The van der Waals surface area contributed by atoms with Crippen LogP contribution in [0, 0.1) is 0 Å². The van der Waals surface area contributed by atoms with Crippen molar-refractivity contribution in [1.29, 1.82) is 0 Å². The van der Waals surface area contributed by atoms with Gasteiger partial charge in [0.05, 0.1) is 6.67 Å². The first-order valence-corrected chi connectivity index (χ1v) is 7.73. The molecule has 1 aromatic rings. The molecule has 0 aromatic heterocycles. The molecule has 2 amide bonds. The number of hydrogen-bond donors (Lipinski definition) is 3. The van der Waals surface area contributed by atoms with Crippen LogP contribution < -0.4 is 16.4 Å². The molecule has 0 aliphatic heterocycles. The maximum Gasteiger partial charge on any atom is 0.217 e. The van der Waals surface area contributed by atoms with E-state index in [2.05, 4.69) is 10.6 Å². The van der Waals surface area contributed by atoms with Gasteiger partial charge in [-0.05, 0) is 6.92 Å². The molecule has 0 aliphatic carbocycles. The van der Waals surface area contributed by atoms with E-state index in [1.165, 1.54) is 13.8 Å². The lowest BCUT2D eigenvalue weighted by Crippen LogP contribution is -2.26. The Kier molecular flexibility index (Phi) is 40.5. The third-order valence-corrected chi connectivity index (χ3v) is 1.44. The molecule has 0 heterocycles. The van der Waals surface area contributed by atoms with E-state index in [1.807, 2.05) is 71.0 Å². The minimum atomic E-state index is -0.0856. The number of nitrogens with one attached hydrogen (secondary N) is 2. The lowest BCUT2D eigenvalue weighted by Gasteiger charge is -1.89. The summed E-state index contributed by atoms with van der Waals surface area (Å²) in [6, 6.07) is 12.0. The van der Waals surface area contributed by atoms with Gasteiger partial charge >= 0.3 is 0 Å². The fourth-order valence-electron chi connectivity index (χ4n) is 0.778. The largest absolute Gasteiger partial charge is 0.357 e. The predicted molar refractivity (Wildman–Crippen MR) is 96.4 cm³/mol. The maximum atomic E-state index is 9.93. The Bertz CT molecular complexity index is 261. The average Bonchev–Trinajstić information content (AvgIpc) is 2.54. The molecule has 130 valence electrons. The Morgan fingerprint density at radius 1 is 0.773 bits per heavy atom. The van der Waals surface area contributed by atoms with Crippen LogP contribution in [0.3, 0.4) is 0 Å². The summed E-state index contributed by atoms with van der Waals surface area (Å²) in [6.07, 6.45) is 0. The highest BCUT2D eigenvalue weighted by Crippen LogP contribution is 1.79. The van der Waals surface area contributed by atoms with Crippen molar-refractivity contribution in [2.45, 2.75) is 48.5 Å². The molecule has 22 heavy (non-hydrogen) atoms. The first-order chi connectivity index (χ1) is 10.5. The summed E-state index contributed by atoms with van der Waals surface area (Å²) in [6.45, 7) is 13.8. The first kappa shape index (κ1) is 28.3. The molecule has 5 nitrogen and oxygen atoms in total. The van der Waals surface area contributed by atoms with Crippen LogP contribution in [0.4, 0.5) is 0 Å². The average molecular weight is 313 g/mol. The van der Waals surface area contributed by atoms with Gasteiger partial charge in [-0.15, -0.1) is 0 Å². The summed E-state index contributed by atoms with van der Waals surface area (Å²) in [4.78, 5) is 19.8. The van der Waals surface area contributed by atoms with Gasteiger partial charge in [0.1, 0.15) is 0 Å². The minimum absolute atomic E-state index is 0.0394. The van der Waals surface area contributed by atoms with Crippen molar-refractivity contribution < 1.29 is 9.59 Å². The predicted octanol–water partition coefficient (Wildman–Crippen LogP) is 2.92. The lowest BCUT2D eigenvalue weighted by atomic mass is 10.4. The molecular weight excluding hydrogens is 278 g/mol. The highest BCUT2D eigenvalue weighted by molar-refractivity contribution is 5.72. The van der Waals surface area contributed by atoms with Gasteiger partial charge < -0.3 is 16.4 Å². The van der Waals surface area contributed by atoms with Crippen LogP contribution in [0.15, 0.2) is 36.4 Å². The molecule has 0 saturated carbocycles. The summed E-state index contributed by atoms with van der Waals surface area (Å²) < 4.78 is 0. The van der Waals surface area contributed by atoms with Gasteiger partial charge in [0.25, 0.3) is 0 Å². The molecular formula is C17H35N3O2. The third kappa shape index (κ3) is 51.9. The second-order valence-electron chi connectivity index (χ2n) is 3.18. The number of carbonyl (C=O) groups excluding carboxylic acids is 2. The molecule has 0 spiro atoms.